The quantitative estimate of drug-likeness (QED) is 0.487. The number of nitrogens with one attached hydrogen (secondary N) is 1. The maximum absolute atomic E-state index is 11.9. The van der Waals surface area contributed by atoms with Gasteiger partial charge < -0.3 is 14.6 Å². The lowest BCUT2D eigenvalue weighted by molar-refractivity contribution is -0.134. The normalized spacial score (nSPS) is 18.4. The highest BCUT2D eigenvalue weighted by atomic mass is 16.2. The molecule has 1 atom stereocenters. The van der Waals surface area contributed by atoms with Crippen LogP contribution in [0.15, 0.2) is 12.3 Å². The number of amides is 3. The van der Waals surface area contributed by atoms with Gasteiger partial charge in [-0.3, -0.25) is 19.7 Å². The average molecular weight is 267 g/mol. The molecule has 0 bridgehead atoms. The van der Waals surface area contributed by atoms with Crippen LogP contribution >= 0.6 is 0 Å². The first kappa shape index (κ1) is 14.9. The van der Waals surface area contributed by atoms with Crippen molar-refractivity contribution in [3.05, 3.63) is 12.3 Å². The topological polar surface area (TPSA) is 86.8 Å². The maximum Gasteiger partial charge on any atom is 0.251 e. The van der Waals surface area contributed by atoms with Gasteiger partial charge in [-0.25, -0.2) is 0 Å². The number of carbonyl (C=O) groups is 4. The molecule has 19 heavy (non-hydrogen) atoms. The molecule has 0 aromatic rings. The molecule has 1 N–H and O–H groups in total. The van der Waals surface area contributed by atoms with E-state index in [1.165, 1.54) is 11.1 Å². The van der Waals surface area contributed by atoms with Gasteiger partial charge in [0.1, 0.15) is 6.29 Å². The van der Waals surface area contributed by atoms with Crippen molar-refractivity contribution in [2.75, 3.05) is 20.1 Å². The molecule has 0 radical (unpaired) electrons. The zero-order chi connectivity index (χ0) is 14.3. The molecule has 0 saturated carbocycles. The predicted octanol–water partition coefficient (Wildman–Crippen LogP) is -1.11. The Balaban J connectivity index is 2.45. The SMILES string of the molecule is CN(/C=C\C(=O)NC=O)CC(=O)N1CCCC1C=O. The van der Waals surface area contributed by atoms with Crippen LogP contribution in [0.25, 0.3) is 0 Å². The Kier molecular flexibility index (Phi) is 5.72. The van der Waals surface area contributed by atoms with Gasteiger partial charge in [0.05, 0.1) is 12.6 Å². The first-order valence-corrected chi connectivity index (χ1v) is 5.96. The van der Waals surface area contributed by atoms with Gasteiger partial charge in [-0.15, -0.1) is 0 Å². The second-order valence-corrected chi connectivity index (χ2v) is 4.29. The number of imide groups is 1. The molecule has 1 rings (SSSR count). The minimum atomic E-state index is -0.554. The zero-order valence-corrected chi connectivity index (χ0v) is 10.7. The third kappa shape index (κ3) is 4.53. The van der Waals surface area contributed by atoms with Crippen molar-refractivity contribution in [3.8, 4) is 0 Å². The number of nitrogens with zero attached hydrogens (tertiary/aromatic N) is 2. The largest absolute Gasteiger partial charge is 0.371 e. The standard InChI is InChI=1S/C12H17N3O4/c1-14(6-4-11(18)13-9-17)7-12(19)15-5-2-3-10(15)8-16/h4,6,8-10H,2-3,5,7H2,1H3,(H,13,17,18)/b6-4-. The number of likely N-dealkylation sites (N-methyl/N-ethyl adjacent to an activating group) is 1. The average Bonchev–Trinajstić information content (AvgIpc) is 2.85. The number of rotatable bonds is 6. The Bertz CT molecular complexity index is 394. The summed E-state index contributed by atoms with van der Waals surface area (Å²) in [6.45, 7) is 0.667. The molecule has 1 saturated heterocycles. The highest BCUT2D eigenvalue weighted by Crippen LogP contribution is 2.15. The van der Waals surface area contributed by atoms with Crippen LogP contribution in [0.5, 0.6) is 0 Å². The fourth-order valence-electron chi connectivity index (χ4n) is 1.90. The summed E-state index contributed by atoms with van der Waals surface area (Å²) >= 11 is 0. The lowest BCUT2D eigenvalue weighted by atomic mass is 10.2. The molecule has 0 aromatic carbocycles. The van der Waals surface area contributed by atoms with E-state index in [1.54, 1.807) is 11.9 Å². The third-order valence-electron chi connectivity index (χ3n) is 2.84. The Labute approximate surface area is 111 Å². The minimum Gasteiger partial charge on any atom is -0.371 e. The van der Waals surface area contributed by atoms with Gasteiger partial charge in [-0.2, -0.15) is 0 Å². The molecule has 0 aliphatic carbocycles. The van der Waals surface area contributed by atoms with Crippen LogP contribution in [0, 0.1) is 0 Å². The van der Waals surface area contributed by atoms with Crippen LogP contribution in [-0.4, -0.2) is 60.5 Å². The first-order valence-electron chi connectivity index (χ1n) is 5.96. The molecule has 104 valence electrons. The van der Waals surface area contributed by atoms with Crippen molar-refractivity contribution in [2.24, 2.45) is 0 Å². The second kappa shape index (κ2) is 7.30. The van der Waals surface area contributed by atoms with Gasteiger partial charge in [0.15, 0.2) is 0 Å². The summed E-state index contributed by atoms with van der Waals surface area (Å²) in [5.41, 5.74) is 0. The van der Waals surface area contributed by atoms with E-state index in [0.717, 1.165) is 18.8 Å². The van der Waals surface area contributed by atoms with Gasteiger partial charge in [0.2, 0.25) is 12.3 Å². The second-order valence-electron chi connectivity index (χ2n) is 4.29. The lowest BCUT2D eigenvalue weighted by Gasteiger charge is -2.23. The van der Waals surface area contributed by atoms with E-state index in [0.29, 0.717) is 13.0 Å². The van der Waals surface area contributed by atoms with E-state index in [1.807, 2.05) is 5.32 Å². The van der Waals surface area contributed by atoms with E-state index in [9.17, 15) is 19.2 Å². The number of hydrogen-bond acceptors (Lipinski definition) is 5. The summed E-state index contributed by atoms with van der Waals surface area (Å²) in [7, 11) is 1.63. The van der Waals surface area contributed by atoms with Crippen molar-refractivity contribution in [2.45, 2.75) is 18.9 Å². The monoisotopic (exact) mass is 267 g/mol. The van der Waals surface area contributed by atoms with Gasteiger partial charge in [-0.05, 0) is 12.8 Å². The summed E-state index contributed by atoms with van der Waals surface area (Å²) in [5.74, 6) is -0.709. The Morgan fingerprint density at radius 2 is 2.16 bits per heavy atom. The molecular formula is C12H17N3O4. The van der Waals surface area contributed by atoms with Crippen LogP contribution < -0.4 is 5.32 Å². The number of hydrogen-bond donors (Lipinski definition) is 1. The van der Waals surface area contributed by atoms with Crippen molar-refractivity contribution < 1.29 is 19.2 Å². The molecule has 7 heteroatoms. The molecule has 0 aromatic heterocycles. The summed E-state index contributed by atoms with van der Waals surface area (Å²) < 4.78 is 0. The molecule has 1 fully saturated rings. The summed E-state index contributed by atoms with van der Waals surface area (Å²) in [6.07, 6.45) is 5.17. The fourth-order valence-corrected chi connectivity index (χ4v) is 1.90. The van der Waals surface area contributed by atoms with Gasteiger partial charge in [-0.1, -0.05) is 0 Å². The van der Waals surface area contributed by atoms with Crippen LogP contribution in [-0.2, 0) is 19.2 Å². The minimum absolute atomic E-state index is 0.0786. The molecule has 7 nitrogen and oxygen atoms in total. The predicted molar refractivity (Wildman–Crippen MR) is 66.8 cm³/mol. The number of carbonyl (C=O) groups excluding carboxylic acids is 4. The molecule has 1 heterocycles. The smallest absolute Gasteiger partial charge is 0.251 e. The van der Waals surface area contributed by atoms with Crippen LogP contribution in [0.4, 0.5) is 0 Å². The molecule has 1 aliphatic rings. The Morgan fingerprint density at radius 1 is 1.42 bits per heavy atom. The van der Waals surface area contributed by atoms with E-state index in [-0.39, 0.29) is 24.9 Å². The highest BCUT2D eigenvalue weighted by molar-refractivity contribution is 5.94. The van der Waals surface area contributed by atoms with Crippen molar-refractivity contribution in [1.29, 1.82) is 0 Å². The number of likely N-dealkylation sites (tertiary alicyclic amines) is 1. The van der Waals surface area contributed by atoms with Gasteiger partial charge >= 0.3 is 0 Å². The van der Waals surface area contributed by atoms with E-state index >= 15 is 0 Å². The maximum atomic E-state index is 11.9. The molecular weight excluding hydrogens is 250 g/mol. The van der Waals surface area contributed by atoms with Crippen molar-refractivity contribution in [1.82, 2.24) is 15.1 Å². The molecule has 3 amide bonds. The molecule has 1 aliphatic heterocycles. The van der Waals surface area contributed by atoms with E-state index < -0.39 is 5.91 Å². The first-order chi connectivity index (χ1) is 9.08. The highest BCUT2D eigenvalue weighted by Gasteiger charge is 2.28. The third-order valence-corrected chi connectivity index (χ3v) is 2.84. The van der Waals surface area contributed by atoms with Crippen LogP contribution in [0.3, 0.4) is 0 Å². The Morgan fingerprint density at radius 3 is 2.79 bits per heavy atom. The van der Waals surface area contributed by atoms with Crippen molar-refractivity contribution >= 4 is 24.5 Å². The summed E-state index contributed by atoms with van der Waals surface area (Å²) in [4.78, 5) is 46.8. The molecule has 1 unspecified atom stereocenters. The zero-order valence-electron chi connectivity index (χ0n) is 10.7. The van der Waals surface area contributed by atoms with Gasteiger partial charge in [0, 0.05) is 25.9 Å². The van der Waals surface area contributed by atoms with E-state index in [4.69, 9.17) is 0 Å². The summed E-state index contributed by atoms with van der Waals surface area (Å²) in [6, 6.07) is -0.330. The molecule has 0 spiro atoms. The van der Waals surface area contributed by atoms with Crippen molar-refractivity contribution in [3.63, 3.8) is 0 Å². The summed E-state index contributed by atoms with van der Waals surface area (Å²) in [5, 5.41) is 1.95. The fraction of sp³-hybridized carbons (Fsp3) is 0.500. The van der Waals surface area contributed by atoms with Crippen LogP contribution in [0.1, 0.15) is 12.8 Å². The Hall–Kier alpha value is -2.18. The van der Waals surface area contributed by atoms with Crippen LogP contribution in [0.2, 0.25) is 0 Å². The lowest BCUT2D eigenvalue weighted by Crippen LogP contribution is -2.41. The van der Waals surface area contributed by atoms with E-state index in [2.05, 4.69) is 0 Å². The number of aldehydes is 1. The van der Waals surface area contributed by atoms with Gasteiger partial charge in [0.25, 0.3) is 5.91 Å².